The average Bonchev–Trinajstić information content (AvgIpc) is 2.66. The molecule has 0 unspecified atom stereocenters. The monoisotopic (exact) mass is 392 g/mol. The maximum Gasteiger partial charge on any atom is 0.263 e. The highest BCUT2D eigenvalue weighted by molar-refractivity contribution is 6.31. The van der Waals surface area contributed by atoms with Crippen molar-refractivity contribution in [3.63, 3.8) is 0 Å². The Labute approximate surface area is 164 Å². The number of halogens is 2. The third-order valence-corrected chi connectivity index (χ3v) is 4.96. The molecule has 138 valence electrons. The van der Waals surface area contributed by atoms with Gasteiger partial charge in [-0.1, -0.05) is 42.3 Å². The highest BCUT2D eigenvalue weighted by Gasteiger charge is 2.28. The number of carbonyl (C=O) groups is 1. The number of anilines is 1. The molecule has 1 fully saturated rings. The molecule has 0 radical (unpaired) electrons. The first-order valence-electron chi connectivity index (χ1n) is 8.78. The van der Waals surface area contributed by atoms with Crippen molar-refractivity contribution in [1.82, 2.24) is 4.90 Å². The van der Waals surface area contributed by atoms with Crippen molar-refractivity contribution in [1.29, 1.82) is 0 Å². The predicted molar refractivity (Wildman–Crippen MR) is 106 cm³/mol. The van der Waals surface area contributed by atoms with Gasteiger partial charge in [-0.05, 0) is 42.8 Å². The molecule has 6 heteroatoms. The first kappa shape index (κ1) is 18.9. The van der Waals surface area contributed by atoms with Gasteiger partial charge in [-0.25, -0.2) is 0 Å². The van der Waals surface area contributed by atoms with E-state index in [-0.39, 0.29) is 5.91 Å². The molecule has 3 rings (SSSR count). The second-order valence-electron chi connectivity index (χ2n) is 6.26. The van der Waals surface area contributed by atoms with Crippen LogP contribution in [0.3, 0.4) is 0 Å². The molecule has 1 heterocycles. The van der Waals surface area contributed by atoms with Crippen LogP contribution in [0, 0.1) is 0 Å². The number of hydrogen-bond donors (Lipinski definition) is 0. The van der Waals surface area contributed by atoms with Crippen molar-refractivity contribution >= 4 is 34.8 Å². The molecule has 1 amide bonds. The van der Waals surface area contributed by atoms with Gasteiger partial charge in [-0.3, -0.25) is 4.79 Å². The van der Waals surface area contributed by atoms with Gasteiger partial charge in [0.2, 0.25) is 0 Å². The normalized spacial score (nSPS) is 15.7. The van der Waals surface area contributed by atoms with Gasteiger partial charge in [0.1, 0.15) is 5.75 Å². The number of carbonyl (C=O) groups excluding carboxylic acids is 1. The lowest BCUT2D eigenvalue weighted by Crippen LogP contribution is -2.52. The highest BCUT2D eigenvalue weighted by atomic mass is 35.5. The summed E-state index contributed by atoms with van der Waals surface area (Å²) in [5.41, 5.74) is 1.09. The Morgan fingerprint density at radius 2 is 1.69 bits per heavy atom. The maximum atomic E-state index is 12.8. The van der Waals surface area contributed by atoms with Crippen LogP contribution in [0.25, 0.3) is 0 Å². The fraction of sp³-hybridized carbons (Fsp3) is 0.350. The molecule has 0 aliphatic carbocycles. The van der Waals surface area contributed by atoms with Gasteiger partial charge in [-0.15, -0.1) is 0 Å². The second kappa shape index (κ2) is 8.65. The number of rotatable bonds is 5. The zero-order valence-electron chi connectivity index (χ0n) is 14.7. The number of piperazine rings is 1. The fourth-order valence-corrected chi connectivity index (χ4v) is 3.44. The smallest absolute Gasteiger partial charge is 0.263 e. The van der Waals surface area contributed by atoms with Gasteiger partial charge >= 0.3 is 0 Å². The molecule has 0 aromatic heterocycles. The van der Waals surface area contributed by atoms with Crippen LogP contribution in [0.4, 0.5) is 5.69 Å². The van der Waals surface area contributed by atoms with Crippen LogP contribution in [-0.2, 0) is 4.79 Å². The summed E-state index contributed by atoms with van der Waals surface area (Å²) in [6.07, 6.45) is 0.117. The first-order chi connectivity index (χ1) is 12.6. The van der Waals surface area contributed by atoms with E-state index >= 15 is 0 Å². The summed E-state index contributed by atoms with van der Waals surface area (Å²) >= 11 is 12.1. The topological polar surface area (TPSA) is 32.8 Å². The molecule has 1 saturated heterocycles. The average molecular weight is 393 g/mol. The fourth-order valence-electron chi connectivity index (χ4n) is 3.07. The van der Waals surface area contributed by atoms with Crippen LogP contribution < -0.4 is 9.64 Å². The Morgan fingerprint density at radius 3 is 2.31 bits per heavy atom. The predicted octanol–water partition coefficient (Wildman–Crippen LogP) is 4.50. The third kappa shape index (κ3) is 4.63. The summed E-state index contributed by atoms with van der Waals surface area (Å²) in [6.45, 7) is 4.84. The van der Waals surface area contributed by atoms with Gasteiger partial charge in [0.05, 0.1) is 0 Å². The van der Waals surface area contributed by atoms with E-state index in [1.54, 1.807) is 12.1 Å². The van der Waals surface area contributed by atoms with Gasteiger partial charge in [0.15, 0.2) is 6.10 Å². The molecule has 0 spiro atoms. The standard InChI is InChI=1S/C20H22Cl2N2O2/c1-2-19(26-18-8-4-6-16(22)14-18)20(25)24-11-9-23(10-12-24)17-7-3-5-15(21)13-17/h3-8,13-14,19H,2,9-12H2,1H3/t19-/m0/s1. The van der Waals surface area contributed by atoms with Gasteiger partial charge < -0.3 is 14.5 Å². The minimum atomic E-state index is -0.494. The lowest BCUT2D eigenvalue weighted by molar-refractivity contribution is -0.139. The van der Waals surface area contributed by atoms with E-state index in [0.717, 1.165) is 23.8 Å². The zero-order chi connectivity index (χ0) is 18.5. The van der Waals surface area contributed by atoms with Gasteiger partial charge in [0, 0.05) is 41.9 Å². The van der Waals surface area contributed by atoms with Crippen molar-refractivity contribution < 1.29 is 9.53 Å². The van der Waals surface area contributed by atoms with Crippen molar-refractivity contribution in [2.75, 3.05) is 31.1 Å². The quantitative estimate of drug-likeness (QED) is 0.750. The van der Waals surface area contributed by atoms with Crippen LogP contribution in [0.15, 0.2) is 48.5 Å². The van der Waals surface area contributed by atoms with Crippen molar-refractivity contribution in [3.8, 4) is 5.75 Å². The summed E-state index contributed by atoms with van der Waals surface area (Å²) in [6, 6.07) is 15.0. The number of benzene rings is 2. The van der Waals surface area contributed by atoms with E-state index in [9.17, 15) is 4.79 Å². The van der Waals surface area contributed by atoms with E-state index in [1.807, 2.05) is 48.2 Å². The molecular weight excluding hydrogens is 371 g/mol. The molecule has 0 bridgehead atoms. The van der Waals surface area contributed by atoms with Crippen LogP contribution in [0.1, 0.15) is 13.3 Å². The largest absolute Gasteiger partial charge is 0.481 e. The Hall–Kier alpha value is -1.91. The molecule has 1 aliphatic heterocycles. The van der Waals surface area contributed by atoms with Crippen LogP contribution >= 0.6 is 23.2 Å². The lowest BCUT2D eigenvalue weighted by atomic mass is 10.2. The van der Waals surface area contributed by atoms with E-state index in [0.29, 0.717) is 30.3 Å². The molecule has 26 heavy (non-hydrogen) atoms. The zero-order valence-corrected chi connectivity index (χ0v) is 16.2. The molecule has 2 aromatic rings. The van der Waals surface area contributed by atoms with E-state index in [4.69, 9.17) is 27.9 Å². The Morgan fingerprint density at radius 1 is 1.04 bits per heavy atom. The number of amides is 1. The molecular formula is C20H22Cl2N2O2. The van der Waals surface area contributed by atoms with E-state index in [1.165, 1.54) is 0 Å². The van der Waals surface area contributed by atoms with Gasteiger partial charge in [-0.2, -0.15) is 0 Å². The van der Waals surface area contributed by atoms with E-state index in [2.05, 4.69) is 4.90 Å². The summed E-state index contributed by atoms with van der Waals surface area (Å²) in [5.74, 6) is 0.647. The Kier molecular flexibility index (Phi) is 6.28. The van der Waals surface area contributed by atoms with Crippen molar-refractivity contribution in [2.24, 2.45) is 0 Å². The summed E-state index contributed by atoms with van der Waals surface area (Å²) < 4.78 is 5.88. The summed E-state index contributed by atoms with van der Waals surface area (Å²) in [4.78, 5) is 17.0. The maximum absolute atomic E-state index is 12.8. The Bertz CT molecular complexity index is 761. The summed E-state index contributed by atoms with van der Waals surface area (Å²) in [5, 5.41) is 1.32. The van der Waals surface area contributed by atoms with Crippen LogP contribution in [-0.4, -0.2) is 43.1 Å². The van der Waals surface area contributed by atoms with Crippen LogP contribution in [0.5, 0.6) is 5.75 Å². The number of ether oxygens (including phenoxy) is 1. The Balaban J connectivity index is 1.59. The van der Waals surface area contributed by atoms with Crippen molar-refractivity contribution in [3.05, 3.63) is 58.6 Å². The first-order valence-corrected chi connectivity index (χ1v) is 9.54. The highest BCUT2D eigenvalue weighted by Crippen LogP contribution is 2.22. The lowest BCUT2D eigenvalue weighted by Gasteiger charge is -2.37. The molecule has 1 atom stereocenters. The van der Waals surface area contributed by atoms with Gasteiger partial charge in [0.25, 0.3) is 5.91 Å². The van der Waals surface area contributed by atoms with Crippen LogP contribution in [0.2, 0.25) is 10.0 Å². The number of nitrogens with zero attached hydrogens (tertiary/aromatic N) is 2. The molecule has 0 N–H and O–H groups in total. The SMILES string of the molecule is CC[C@H](Oc1cccc(Cl)c1)C(=O)N1CCN(c2cccc(Cl)c2)CC1. The second-order valence-corrected chi connectivity index (χ2v) is 7.14. The molecule has 4 nitrogen and oxygen atoms in total. The number of hydrogen-bond acceptors (Lipinski definition) is 3. The third-order valence-electron chi connectivity index (χ3n) is 4.49. The molecule has 0 saturated carbocycles. The minimum Gasteiger partial charge on any atom is -0.481 e. The molecule has 1 aliphatic rings. The molecule has 2 aromatic carbocycles. The van der Waals surface area contributed by atoms with E-state index < -0.39 is 6.10 Å². The summed E-state index contributed by atoms with van der Waals surface area (Å²) in [7, 11) is 0. The van der Waals surface area contributed by atoms with Crippen molar-refractivity contribution in [2.45, 2.75) is 19.4 Å². The minimum absolute atomic E-state index is 0.0261.